The zero-order chi connectivity index (χ0) is 24.0. The predicted octanol–water partition coefficient (Wildman–Crippen LogP) is 4.29. The summed E-state index contributed by atoms with van der Waals surface area (Å²) in [5, 5.41) is 10.4. The van der Waals surface area contributed by atoms with Gasteiger partial charge in [-0.05, 0) is 31.0 Å². The lowest BCUT2D eigenvalue weighted by Gasteiger charge is -2.56. The third kappa shape index (κ3) is 3.72. The SMILES string of the molecule is COc1c(Cl)cccc1Nc1c(-c2ccncc2OC[C@@H]2NCC23CCC3)[nH]c2c1C(=O)NCC2. The number of H-pyrrole nitrogens is 1. The lowest BCUT2D eigenvalue weighted by Crippen LogP contribution is -2.67. The molecule has 2 aliphatic heterocycles. The number of hydrogen-bond acceptors (Lipinski definition) is 6. The van der Waals surface area contributed by atoms with Crippen LogP contribution in [0.3, 0.4) is 0 Å². The number of nitrogens with one attached hydrogen (secondary N) is 4. The highest BCUT2D eigenvalue weighted by molar-refractivity contribution is 6.32. The van der Waals surface area contributed by atoms with E-state index in [9.17, 15) is 4.79 Å². The maximum atomic E-state index is 12.9. The van der Waals surface area contributed by atoms with E-state index < -0.39 is 0 Å². The molecular weight excluding hydrogens is 466 g/mol. The third-order valence-electron chi connectivity index (χ3n) is 7.64. The van der Waals surface area contributed by atoms with Gasteiger partial charge in [-0.2, -0.15) is 0 Å². The van der Waals surface area contributed by atoms with E-state index in [1.165, 1.54) is 19.3 Å². The van der Waals surface area contributed by atoms with Crippen molar-refractivity contribution in [3.8, 4) is 22.8 Å². The van der Waals surface area contributed by atoms with Gasteiger partial charge in [0.05, 0.1) is 41.0 Å². The molecule has 9 heteroatoms. The Kier molecular flexibility index (Phi) is 5.57. The molecule has 8 nitrogen and oxygen atoms in total. The van der Waals surface area contributed by atoms with E-state index in [-0.39, 0.29) is 5.91 Å². The second kappa shape index (κ2) is 8.77. The summed E-state index contributed by atoms with van der Waals surface area (Å²) in [5.41, 5.74) is 4.81. The Hall–Kier alpha value is -3.23. The van der Waals surface area contributed by atoms with Crippen molar-refractivity contribution < 1.29 is 14.3 Å². The molecule has 1 saturated heterocycles. The predicted molar refractivity (Wildman–Crippen MR) is 135 cm³/mol. The minimum Gasteiger partial charge on any atom is -0.493 e. The number of carbonyl (C=O) groups is 1. The molecule has 1 aromatic carbocycles. The summed E-state index contributed by atoms with van der Waals surface area (Å²) in [5.74, 6) is 1.06. The Balaban J connectivity index is 1.39. The van der Waals surface area contributed by atoms with Crippen molar-refractivity contribution in [1.82, 2.24) is 20.6 Å². The van der Waals surface area contributed by atoms with Gasteiger partial charge in [-0.15, -0.1) is 0 Å². The first kappa shape index (κ1) is 22.2. The molecule has 0 radical (unpaired) electrons. The summed E-state index contributed by atoms with van der Waals surface area (Å²) in [6.07, 6.45) is 8.02. The summed E-state index contributed by atoms with van der Waals surface area (Å²) in [7, 11) is 1.57. The number of para-hydroxylation sites is 1. The van der Waals surface area contributed by atoms with Crippen LogP contribution in [0.15, 0.2) is 36.7 Å². The highest BCUT2D eigenvalue weighted by Gasteiger charge is 2.50. The van der Waals surface area contributed by atoms with Crippen LogP contribution >= 0.6 is 11.6 Å². The molecule has 3 aliphatic rings. The van der Waals surface area contributed by atoms with Crippen LogP contribution in [0.2, 0.25) is 5.02 Å². The van der Waals surface area contributed by atoms with Crippen LogP contribution in [0.1, 0.15) is 35.3 Å². The van der Waals surface area contributed by atoms with Crippen molar-refractivity contribution in [3.05, 3.63) is 52.9 Å². The van der Waals surface area contributed by atoms with Gasteiger partial charge in [0.25, 0.3) is 5.91 Å². The molecule has 4 heterocycles. The first-order valence-electron chi connectivity index (χ1n) is 12.0. The fraction of sp³-hybridized carbons (Fsp3) is 0.385. The highest BCUT2D eigenvalue weighted by atomic mass is 35.5. The Labute approximate surface area is 208 Å². The fourth-order valence-electron chi connectivity index (χ4n) is 5.46. The van der Waals surface area contributed by atoms with Crippen LogP contribution in [0, 0.1) is 5.41 Å². The summed E-state index contributed by atoms with van der Waals surface area (Å²) >= 11 is 6.37. The number of nitrogens with zero attached hydrogens (tertiary/aromatic N) is 1. The number of rotatable bonds is 7. The number of halogens is 1. The third-order valence-corrected chi connectivity index (χ3v) is 7.94. The molecule has 0 bridgehead atoms. The largest absolute Gasteiger partial charge is 0.493 e. The number of amides is 1. The van der Waals surface area contributed by atoms with E-state index in [0.717, 1.165) is 23.5 Å². The first-order chi connectivity index (χ1) is 17.1. The monoisotopic (exact) mass is 493 g/mol. The minimum absolute atomic E-state index is 0.126. The van der Waals surface area contributed by atoms with Gasteiger partial charge in [0.15, 0.2) is 5.75 Å². The lowest BCUT2D eigenvalue weighted by molar-refractivity contribution is -0.0254. The fourth-order valence-corrected chi connectivity index (χ4v) is 5.71. The molecule has 182 valence electrons. The van der Waals surface area contributed by atoms with Crippen LogP contribution < -0.4 is 25.4 Å². The van der Waals surface area contributed by atoms with Crippen LogP contribution in [0.4, 0.5) is 11.4 Å². The zero-order valence-corrected chi connectivity index (χ0v) is 20.3. The van der Waals surface area contributed by atoms with Crippen molar-refractivity contribution in [2.24, 2.45) is 5.41 Å². The number of hydrogen-bond donors (Lipinski definition) is 4. The molecule has 1 atom stereocenters. The van der Waals surface area contributed by atoms with Crippen molar-refractivity contribution in [2.75, 3.05) is 32.1 Å². The van der Waals surface area contributed by atoms with Gasteiger partial charge in [-0.25, -0.2) is 0 Å². The van der Waals surface area contributed by atoms with Gasteiger partial charge in [0.1, 0.15) is 12.4 Å². The van der Waals surface area contributed by atoms with Crippen LogP contribution in [-0.4, -0.2) is 48.7 Å². The normalized spacial score (nSPS) is 19.8. The average molecular weight is 494 g/mol. The number of benzene rings is 1. The average Bonchev–Trinajstić information content (AvgIpc) is 3.17. The Morgan fingerprint density at radius 2 is 2.17 bits per heavy atom. The van der Waals surface area contributed by atoms with E-state index in [4.69, 9.17) is 21.1 Å². The first-order valence-corrected chi connectivity index (χ1v) is 12.4. The molecule has 0 unspecified atom stereocenters. The van der Waals surface area contributed by atoms with Gasteiger partial charge in [0.2, 0.25) is 0 Å². The van der Waals surface area contributed by atoms with E-state index in [1.54, 1.807) is 25.6 Å². The van der Waals surface area contributed by atoms with Crippen LogP contribution in [0.5, 0.6) is 11.5 Å². The molecule has 4 N–H and O–H groups in total. The lowest BCUT2D eigenvalue weighted by atomic mass is 9.59. The quantitative estimate of drug-likeness (QED) is 0.392. The molecule has 1 saturated carbocycles. The molecule has 1 amide bonds. The second-order valence-electron chi connectivity index (χ2n) is 9.51. The molecule has 2 aromatic heterocycles. The molecule has 35 heavy (non-hydrogen) atoms. The van der Waals surface area contributed by atoms with E-state index in [0.29, 0.717) is 64.5 Å². The minimum atomic E-state index is -0.126. The van der Waals surface area contributed by atoms with E-state index in [2.05, 4.69) is 25.9 Å². The summed E-state index contributed by atoms with van der Waals surface area (Å²) in [6.45, 7) is 2.25. The molecular formula is C26H28ClN5O3. The van der Waals surface area contributed by atoms with Gasteiger partial charge >= 0.3 is 0 Å². The van der Waals surface area contributed by atoms with E-state index in [1.807, 2.05) is 18.2 Å². The Bertz CT molecular complexity index is 1280. The van der Waals surface area contributed by atoms with Gasteiger partial charge in [-0.3, -0.25) is 9.78 Å². The zero-order valence-electron chi connectivity index (χ0n) is 19.5. The Morgan fingerprint density at radius 3 is 2.91 bits per heavy atom. The molecule has 1 aliphatic carbocycles. The number of fused-ring (bicyclic) bond motifs is 1. The number of aromatic amines is 1. The highest BCUT2D eigenvalue weighted by Crippen LogP contribution is 2.49. The van der Waals surface area contributed by atoms with Gasteiger partial charge < -0.3 is 30.4 Å². The van der Waals surface area contributed by atoms with Gasteiger partial charge in [0, 0.05) is 48.4 Å². The maximum Gasteiger partial charge on any atom is 0.255 e. The number of anilines is 2. The molecule has 1 spiro atoms. The van der Waals surface area contributed by atoms with Crippen molar-refractivity contribution in [1.29, 1.82) is 0 Å². The smallest absolute Gasteiger partial charge is 0.255 e. The standard InChI is InChI=1S/C26H28ClN5O3/c1-34-24-16(27)4-2-5-18(24)32-23-21-17(7-11-29-25(21)33)31-22(23)15-6-10-28-12-19(15)35-13-20-26(14-30-20)8-3-9-26/h2,4-6,10,12,20,30-32H,3,7-9,11,13-14H2,1H3,(H,29,33)/t20-/m0/s1. The number of aromatic nitrogens is 2. The number of carbonyl (C=O) groups excluding carboxylic acids is 1. The second-order valence-corrected chi connectivity index (χ2v) is 9.92. The van der Waals surface area contributed by atoms with Crippen LogP contribution in [-0.2, 0) is 6.42 Å². The Morgan fingerprint density at radius 1 is 1.29 bits per heavy atom. The molecule has 6 rings (SSSR count). The van der Waals surface area contributed by atoms with Crippen molar-refractivity contribution in [2.45, 2.75) is 31.7 Å². The summed E-state index contributed by atoms with van der Waals surface area (Å²) in [4.78, 5) is 20.8. The van der Waals surface area contributed by atoms with Crippen molar-refractivity contribution >= 4 is 28.9 Å². The van der Waals surface area contributed by atoms with Crippen molar-refractivity contribution in [3.63, 3.8) is 0 Å². The summed E-state index contributed by atoms with van der Waals surface area (Å²) in [6, 6.07) is 7.76. The number of pyridine rings is 1. The van der Waals surface area contributed by atoms with Gasteiger partial charge in [-0.1, -0.05) is 24.1 Å². The van der Waals surface area contributed by atoms with Crippen LogP contribution in [0.25, 0.3) is 11.3 Å². The molecule has 3 aromatic rings. The number of ether oxygens (including phenoxy) is 2. The summed E-state index contributed by atoms with van der Waals surface area (Å²) < 4.78 is 11.9. The topological polar surface area (TPSA) is 100 Å². The number of methoxy groups -OCH3 is 1. The maximum absolute atomic E-state index is 12.9. The molecule has 2 fully saturated rings. The van der Waals surface area contributed by atoms with E-state index >= 15 is 0 Å².